The van der Waals surface area contributed by atoms with Gasteiger partial charge in [-0.1, -0.05) is 74.2 Å². The minimum atomic E-state index is -0.148. The van der Waals surface area contributed by atoms with Gasteiger partial charge < -0.3 is 9.13 Å². The van der Waals surface area contributed by atoms with E-state index in [0.29, 0.717) is 0 Å². The molecule has 0 saturated carbocycles. The maximum atomic E-state index is 2.58. The van der Waals surface area contributed by atoms with E-state index in [1.165, 1.54) is 99.5 Å². The molecule has 0 unspecified atom stereocenters. The van der Waals surface area contributed by atoms with E-state index in [-0.39, 0.29) is 10.8 Å². The third kappa shape index (κ3) is 2.72. The van der Waals surface area contributed by atoms with Gasteiger partial charge in [-0.2, -0.15) is 0 Å². The molecule has 0 spiro atoms. The zero-order valence-electron chi connectivity index (χ0n) is 25.8. The number of rotatable bonds is 0. The Labute approximate surface area is 247 Å². The first-order valence-electron chi connectivity index (χ1n) is 15.3. The van der Waals surface area contributed by atoms with Crippen LogP contribution in [0.25, 0.3) is 55.0 Å². The van der Waals surface area contributed by atoms with Crippen molar-refractivity contribution >= 4 is 43.6 Å². The Morgan fingerprint density at radius 1 is 0.405 bits per heavy atom. The van der Waals surface area contributed by atoms with Gasteiger partial charge in [0.05, 0.1) is 33.4 Å². The van der Waals surface area contributed by atoms with Crippen LogP contribution in [0.5, 0.6) is 0 Å². The summed E-state index contributed by atoms with van der Waals surface area (Å²) in [6.07, 6.45) is 0. The maximum Gasteiger partial charge on any atom is 0.0582 e. The molecule has 0 fully saturated rings. The Bertz CT molecular complexity index is 2220. The quantitative estimate of drug-likeness (QED) is 0.180. The van der Waals surface area contributed by atoms with Gasteiger partial charge in [0.15, 0.2) is 0 Å². The first-order chi connectivity index (χ1) is 20.0. The van der Waals surface area contributed by atoms with Crippen molar-refractivity contribution in [3.63, 3.8) is 0 Å². The first-order valence-corrected chi connectivity index (χ1v) is 15.3. The van der Waals surface area contributed by atoms with Crippen molar-refractivity contribution in [2.75, 3.05) is 0 Å². The molecule has 5 aromatic carbocycles. The monoisotopic (exact) mass is 544 g/mol. The second kappa shape index (κ2) is 7.36. The Balaban J connectivity index is 1.49. The molecule has 4 heterocycles. The van der Waals surface area contributed by atoms with Gasteiger partial charge in [0, 0.05) is 32.4 Å². The molecular weight excluding hydrogens is 508 g/mol. The highest BCUT2D eigenvalue weighted by atomic mass is 15.0. The van der Waals surface area contributed by atoms with E-state index < -0.39 is 0 Å². The summed E-state index contributed by atoms with van der Waals surface area (Å²) in [5.74, 6) is 0. The van der Waals surface area contributed by atoms with E-state index in [1.807, 2.05) is 0 Å². The van der Waals surface area contributed by atoms with Crippen molar-refractivity contribution in [3.8, 4) is 11.4 Å². The van der Waals surface area contributed by atoms with Gasteiger partial charge in [0.2, 0.25) is 0 Å². The van der Waals surface area contributed by atoms with Crippen LogP contribution < -0.4 is 0 Å². The number of fused-ring (bicyclic) bond motifs is 10. The number of aromatic nitrogens is 2. The Kier molecular flexibility index (Phi) is 4.26. The predicted molar refractivity (Wildman–Crippen MR) is 178 cm³/mol. The molecule has 42 heavy (non-hydrogen) atoms. The number of nitrogens with zero attached hydrogens (tertiary/aromatic N) is 2. The lowest BCUT2D eigenvalue weighted by Crippen LogP contribution is -2.31. The summed E-state index contributed by atoms with van der Waals surface area (Å²) in [5.41, 5.74) is 18.6. The van der Waals surface area contributed by atoms with Gasteiger partial charge in [-0.05, 0) is 98.5 Å². The average Bonchev–Trinajstić information content (AvgIpc) is 3.42. The molecule has 0 aliphatic carbocycles. The zero-order valence-corrected chi connectivity index (χ0v) is 25.8. The molecule has 2 aliphatic rings. The first kappa shape index (κ1) is 24.3. The molecule has 2 heteroatoms. The topological polar surface area (TPSA) is 9.86 Å². The fourth-order valence-corrected chi connectivity index (χ4v) is 8.50. The molecule has 2 aromatic heterocycles. The second-order valence-electron chi connectivity index (χ2n) is 14.3. The van der Waals surface area contributed by atoms with E-state index in [1.54, 1.807) is 0 Å². The predicted octanol–water partition coefficient (Wildman–Crippen LogP) is 10.4. The van der Waals surface area contributed by atoms with Gasteiger partial charge in [0.25, 0.3) is 0 Å². The van der Waals surface area contributed by atoms with E-state index >= 15 is 0 Å². The molecule has 2 nitrogen and oxygen atoms in total. The average molecular weight is 545 g/mol. The summed E-state index contributed by atoms with van der Waals surface area (Å²) in [5, 5.41) is 5.44. The smallest absolute Gasteiger partial charge is 0.0582 e. The lowest BCUT2D eigenvalue weighted by atomic mass is 9.70. The van der Waals surface area contributed by atoms with Gasteiger partial charge in [0.1, 0.15) is 0 Å². The van der Waals surface area contributed by atoms with Gasteiger partial charge in [-0.15, -0.1) is 0 Å². The van der Waals surface area contributed by atoms with Gasteiger partial charge >= 0.3 is 0 Å². The normalized spacial score (nSPS) is 16.0. The highest BCUT2D eigenvalue weighted by molar-refractivity contribution is 6.13. The highest BCUT2D eigenvalue weighted by Crippen LogP contribution is 2.53. The minimum absolute atomic E-state index is 0.148. The summed E-state index contributed by atoms with van der Waals surface area (Å²) in [6.45, 7) is 18.6. The van der Waals surface area contributed by atoms with Gasteiger partial charge in [-0.3, -0.25) is 0 Å². The summed E-state index contributed by atoms with van der Waals surface area (Å²) in [7, 11) is 0. The van der Waals surface area contributed by atoms with Crippen molar-refractivity contribution in [1.82, 2.24) is 9.13 Å². The second-order valence-corrected chi connectivity index (χ2v) is 14.3. The van der Waals surface area contributed by atoms with Crippen LogP contribution in [0.2, 0.25) is 0 Å². The van der Waals surface area contributed by atoms with E-state index in [4.69, 9.17) is 0 Å². The fraction of sp³-hybridized carbons (Fsp3) is 0.250. The SMILES string of the molecule is Cc1ccc2c(c1)c1cc(C)cc3c1n2-c1cc2c(cc1C3(C)C)-n1c3ccc(C)cc3c3cc(C)cc(c31)C2(C)C. The van der Waals surface area contributed by atoms with Gasteiger partial charge in [-0.25, -0.2) is 0 Å². The Morgan fingerprint density at radius 2 is 0.786 bits per heavy atom. The lowest BCUT2D eigenvalue weighted by Gasteiger charge is -2.40. The Hall–Kier alpha value is -4.30. The molecule has 0 N–H and O–H groups in total. The number of benzene rings is 5. The van der Waals surface area contributed by atoms with Crippen LogP contribution in [-0.2, 0) is 10.8 Å². The molecule has 206 valence electrons. The maximum absolute atomic E-state index is 2.58. The molecular formula is C40H36N2. The molecule has 0 atom stereocenters. The molecule has 2 aliphatic heterocycles. The fourth-order valence-electron chi connectivity index (χ4n) is 8.50. The van der Waals surface area contributed by atoms with Crippen LogP contribution >= 0.6 is 0 Å². The van der Waals surface area contributed by atoms with E-state index in [9.17, 15) is 0 Å². The van der Waals surface area contributed by atoms with Crippen molar-refractivity contribution in [2.24, 2.45) is 0 Å². The van der Waals surface area contributed by atoms with E-state index in [2.05, 4.69) is 137 Å². The van der Waals surface area contributed by atoms with Crippen LogP contribution in [0.3, 0.4) is 0 Å². The molecule has 0 amide bonds. The van der Waals surface area contributed by atoms with Crippen molar-refractivity contribution in [1.29, 1.82) is 0 Å². The van der Waals surface area contributed by atoms with Crippen LogP contribution in [-0.4, -0.2) is 9.13 Å². The standard InChI is InChI=1S/C40H36N2/c1-21-9-11-33-25(13-21)27-15-23(3)17-31-37(27)41(33)35-19-30-36(20-29(35)39(31,5)6)42-34-12-10-22(2)14-26(34)28-16-24(4)18-32(38(28)42)40(30,7)8/h9-20H,1-8H3. The van der Waals surface area contributed by atoms with Crippen LogP contribution in [0.1, 0.15) is 72.2 Å². The van der Waals surface area contributed by atoms with E-state index in [0.717, 1.165) is 0 Å². The summed E-state index contributed by atoms with van der Waals surface area (Å²) in [6, 6.07) is 28.7. The third-order valence-corrected chi connectivity index (χ3v) is 10.6. The minimum Gasteiger partial charge on any atom is -0.309 e. The molecule has 7 aromatic rings. The Morgan fingerprint density at radius 3 is 1.19 bits per heavy atom. The highest BCUT2D eigenvalue weighted by Gasteiger charge is 2.41. The zero-order chi connectivity index (χ0) is 29.0. The summed E-state index contributed by atoms with van der Waals surface area (Å²) in [4.78, 5) is 0. The van der Waals surface area contributed by atoms with Crippen LogP contribution in [0, 0.1) is 27.7 Å². The number of hydrogen-bond acceptors (Lipinski definition) is 0. The molecule has 9 rings (SSSR count). The molecule has 0 radical (unpaired) electrons. The van der Waals surface area contributed by atoms with Crippen molar-refractivity contribution < 1.29 is 0 Å². The number of hydrogen-bond donors (Lipinski definition) is 0. The summed E-state index contributed by atoms with van der Waals surface area (Å²) < 4.78 is 5.16. The molecule has 0 saturated heterocycles. The third-order valence-electron chi connectivity index (χ3n) is 10.6. The number of aryl methyl sites for hydroxylation is 4. The van der Waals surface area contributed by atoms with Crippen LogP contribution in [0.4, 0.5) is 0 Å². The largest absolute Gasteiger partial charge is 0.309 e. The lowest BCUT2D eigenvalue weighted by molar-refractivity contribution is 0.610. The molecule has 0 bridgehead atoms. The van der Waals surface area contributed by atoms with Crippen LogP contribution in [0.15, 0.2) is 72.8 Å². The van der Waals surface area contributed by atoms with Crippen molar-refractivity contribution in [2.45, 2.75) is 66.2 Å². The van der Waals surface area contributed by atoms with Crippen molar-refractivity contribution in [3.05, 3.63) is 117 Å². The summed E-state index contributed by atoms with van der Waals surface area (Å²) >= 11 is 0.